The number of nitrogens with zero attached hydrogens (tertiary/aromatic N) is 1. The third-order valence-electron chi connectivity index (χ3n) is 3.15. The average molecular weight is 329 g/mol. The minimum Gasteiger partial charge on any atom is -0.375 e. The minimum atomic E-state index is -3.73. The molecule has 1 heterocycles. The summed E-state index contributed by atoms with van der Waals surface area (Å²) in [5, 5.41) is 4.86. The van der Waals surface area contributed by atoms with Crippen molar-refractivity contribution in [2.45, 2.75) is 25.7 Å². The molecule has 1 atom stereocenters. The molecular weight excluding hydrogens is 308 g/mol. The van der Waals surface area contributed by atoms with Crippen LogP contribution in [0.25, 0.3) is 0 Å². The van der Waals surface area contributed by atoms with Gasteiger partial charge in [-0.05, 0) is 18.8 Å². The van der Waals surface area contributed by atoms with Gasteiger partial charge in [0, 0.05) is 19.6 Å². The van der Waals surface area contributed by atoms with Crippen LogP contribution in [0, 0.1) is 5.92 Å². The number of likely N-dealkylation sites (tertiary alicyclic amines) is 1. The summed E-state index contributed by atoms with van der Waals surface area (Å²) in [6.45, 7) is 0.480. The highest BCUT2D eigenvalue weighted by Gasteiger charge is 2.24. The number of amides is 1. The maximum absolute atomic E-state index is 11.9. The molecule has 0 aromatic carbocycles. The van der Waals surface area contributed by atoms with Crippen molar-refractivity contribution in [1.29, 1.82) is 0 Å². The Labute approximate surface area is 123 Å². The van der Waals surface area contributed by atoms with Crippen LogP contribution in [0.3, 0.4) is 0 Å². The Morgan fingerprint density at radius 1 is 1.48 bits per heavy atom. The number of alkyl halides is 2. The molecule has 1 fully saturated rings. The number of piperidine rings is 1. The lowest BCUT2D eigenvalue weighted by molar-refractivity contribution is -0.134. The Morgan fingerprint density at radius 2 is 2.19 bits per heavy atom. The van der Waals surface area contributed by atoms with Crippen molar-refractivity contribution < 1.29 is 26.7 Å². The van der Waals surface area contributed by atoms with Gasteiger partial charge in [-0.25, -0.2) is 18.6 Å². The van der Waals surface area contributed by atoms with Crippen LogP contribution >= 0.6 is 0 Å². The molecule has 1 amide bonds. The van der Waals surface area contributed by atoms with E-state index in [1.165, 1.54) is 0 Å². The number of ether oxygens (including phenoxy) is 1. The van der Waals surface area contributed by atoms with Crippen molar-refractivity contribution in [2.75, 3.05) is 32.8 Å². The largest absolute Gasteiger partial charge is 0.375 e. The highest BCUT2D eigenvalue weighted by atomic mass is 32.2. The summed E-state index contributed by atoms with van der Waals surface area (Å²) in [5.74, 6) is -0.174. The predicted octanol–water partition coefficient (Wildman–Crippen LogP) is -0.310. The first kappa shape index (κ1) is 18.2. The molecule has 3 N–H and O–H groups in total. The number of hydrogen-bond acceptors (Lipinski definition) is 4. The summed E-state index contributed by atoms with van der Waals surface area (Å²) >= 11 is 0. The zero-order chi connectivity index (χ0) is 15.9. The number of halogens is 2. The molecule has 0 aromatic rings. The molecule has 0 spiro atoms. The van der Waals surface area contributed by atoms with Crippen LogP contribution in [0.4, 0.5) is 8.78 Å². The van der Waals surface area contributed by atoms with Crippen molar-refractivity contribution in [1.82, 2.24) is 9.62 Å². The molecule has 7 nitrogen and oxygen atoms in total. The van der Waals surface area contributed by atoms with E-state index >= 15 is 0 Å². The third-order valence-corrected chi connectivity index (χ3v) is 3.72. The molecule has 0 aromatic heterocycles. The van der Waals surface area contributed by atoms with E-state index < -0.39 is 23.2 Å². The van der Waals surface area contributed by atoms with Gasteiger partial charge in [-0.2, -0.15) is 8.42 Å². The molecule has 1 aliphatic heterocycles. The topological polar surface area (TPSA) is 102 Å². The Hall–Kier alpha value is -0.840. The van der Waals surface area contributed by atoms with E-state index in [1.54, 1.807) is 4.90 Å². The van der Waals surface area contributed by atoms with Gasteiger partial charge in [0.1, 0.15) is 6.61 Å². The second-order valence-corrected chi connectivity index (χ2v) is 6.34. The first-order valence-corrected chi connectivity index (χ1v) is 8.23. The fourth-order valence-electron chi connectivity index (χ4n) is 2.18. The normalized spacial score (nSPS) is 20.0. The van der Waals surface area contributed by atoms with Gasteiger partial charge >= 0.3 is 0 Å². The van der Waals surface area contributed by atoms with Crippen LogP contribution in [0.1, 0.15) is 19.3 Å². The van der Waals surface area contributed by atoms with Crippen LogP contribution in [-0.2, 0) is 19.7 Å². The zero-order valence-electron chi connectivity index (χ0n) is 11.6. The number of nitrogens with one attached hydrogen (secondary N) is 1. The van der Waals surface area contributed by atoms with Crippen LogP contribution in [0.2, 0.25) is 0 Å². The summed E-state index contributed by atoms with van der Waals surface area (Å²) in [4.78, 5) is 13.5. The molecule has 0 radical (unpaired) electrons. The third kappa shape index (κ3) is 8.24. The lowest BCUT2D eigenvalue weighted by atomic mass is 9.98. The van der Waals surface area contributed by atoms with Crippen molar-refractivity contribution in [3.05, 3.63) is 0 Å². The van der Waals surface area contributed by atoms with Gasteiger partial charge < -0.3 is 9.64 Å². The fourth-order valence-corrected chi connectivity index (χ4v) is 2.65. The van der Waals surface area contributed by atoms with Crippen molar-refractivity contribution >= 4 is 16.1 Å². The number of nitrogens with two attached hydrogens (primary N) is 1. The van der Waals surface area contributed by atoms with Crippen molar-refractivity contribution in [3.8, 4) is 0 Å². The van der Waals surface area contributed by atoms with E-state index in [4.69, 9.17) is 5.14 Å². The summed E-state index contributed by atoms with van der Waals surface area (Å²) in [6, 6.07) is 0. The summed E-state index contributed by atoms with van der Waals surface area (Å²) in [5.41, 5.74) is 0. The number of carbonyl (C=O) groups excluding carboxylic acids is 1. The quantitative estimate of drug-likeness (QED) is 0.596. The lowest BCUT2D eigenvalue weighted by Crippen LogP contribution is -2.44. The number of carbonyl (C=O) groups is 1. The van der Waals surface area contributed by atoms with E-state index in [1.807, 2.05) is 0 Å². The standard InChI is InChI=1S/C11H21F2N3O4S/c12-10(13)8-20-5-3-11(17)16-4-1-2-9(7-16)6-15-21(14,18)19/h9-10,15H,1-8H2,(H2,14,18,19). The molecule has 10 heteroatoms. The van der Waals surface area contributed by atoms with Gasteiger partial charge in [-0.15, -0.1) is 0 Å². The highest BCUT2D eigenvalue weighted by molar-refractivity contribution is 7.87. The Bertz CT molecular complexity index is 433. The first-order valence-electron chi connectivity index (χ1n) is 6.69. The van der Waals surface area contributed by atoms with E-state index in [2.05, 4.69) is 9.46 Å². The van der Waals surface area contributed by atoms with Gasteiger partial charge in [0.2, 0.25) is 5.91 Å². The first-order chi connectivity index (χ1) is 9.78. The average Bonchev–Trinajstić information content (AvgIpc) is 2.40. The molecule has 1 aliphatic rings. The Balaban J connectivity index is 2.29. The van der Waals surface area contributed by atoms with Gasteiger partial charge in [-0.3, -0.25) is 4.79 Å². The van der Waals surface area contributed by atoms with Crippen molar-refractivity contribution in [3.63, 3.8) is 0 Å². The number of hydrogen-bond donors (Lipinski definition) is 2. The molecule has 0 saturated carbocycles. The molecule has 124 valence electrons. The SMILES string of the molecule is NS(=O)(=O)NCC1CCCN(C(=O)CCOCC(F)F)C1. The van der Waals surface area contributed by atoms with Crippen LogP contribution in [-0.4, -0.2) is 58.5 Å². The molecule has 1 unspecified atom stereocenters. The monoisotopic (exact) mass is 329 g/mol. The fraction of sp³-hybridized carbons (Fsp3) is 0.909. The second kappa shape index (κ2) is 8.57. The summed E-state index contributed by atoms with van der Waals surface area (Å²) in [6.07, 6.45) is -0.930. The predicted molar refractivity (Wildman–Crippen MR) is 71.9 cm³/mol. The molecule has 0 bridgehead atoms. The van der Waals surface area contributed by atoms with E-state index in [0.717, 1.165) is 12.8 Å². The van der Waals surface area contributed by atoms with Gasteiger partial charge in [-0.1, -0.05) is 0 Å². The molecule has 1 rings (SSSR count). The minimum absolute atomic E-state index is 0.00278. The van der Waals surface area contributed by atoms with Crippen LogP contribution < -0.4 is 9.86 Å². The molecule has 1 saturated heterocycles. The second-order valence-electron chi connectivity index (χ2n) is 4.96. The van der Waals surface area contributed by atoms with Gasteiger partial charge in [0.05, 0.1) is 13.0 Å². The molecular formula is C11H21F2N3O4S. The van der Waals surface area contributed by atoms with Gasteiger partial charge in [0.15, 0.2) is 0 Å². The van der Waals surface area contributed by atoms with Crippen LogP contribution in [0.15, 0.2) is 0 Å². The van der Waals surface area contributed by atoms with Crippen molar-refractivity contribution in [2.24, 2.45) is 11.1 Å². The highest BCUT2D eigenvalue weighted by Crippen LogP contribution is 2.16. The lowest BCUT2D eigenvalue weighted by Gasteiger charge is -2.32. The molecule has 0 aliphatic carbocycles. The summed E-state index contributed by atoms with van der Waals surface area (Å²) < 4.78 is 52.3. The van der Waals surface area contributed by atoms with E-state index in [0.29, 0.717) is 13.1 Å². The Kier molecular flexibility index (Phi) is 7.43. The number of rotatable bonds is 8. The van der Waals surface area contributed by atoms with Gasteiger partial charge in [0.25, 0.3) is 16.6 Å². The summed E-state index contributed by atoms with van der Waals surface area (Å²) in [7, 11) is -3.73. The smallest absolute Gasteiger partial charge is 0.274 e. The Morgan fingerprint density at radius 3 is 2.81 bits per heavy atom. The maximum atomic E-state index is 11.9. The molecule has 21 heavy (non-hydrogen) atoms. The maximum Gasteiger partial charge on any atom is 0.274 e. The van der Waals surface area contributed by atoms with E-state index in [-0.39, 0.29) is 31.4 Å². The van der Waals surface area contributed by atoms with E-state index in [9.17, 15) is 22.0 Å². The van der Waals surface area contributed by atoms with Crippen LogP contribution in [0.5, 0.6) is 0 Å². The zero-order valence-corrected chi connectivity index (χ0v) is 12.4.